The minimum atomic E-state index is -1.18. The summed E-state index contributed by atoms with van der Waals surface area (Å²) < 4.78 is 0.705. The van der Waals surface area contributed by atoms with E-state index < -0.39 is 10.9 Å². The van der Waals surface area contributed by atoms with Crippen molar-refractivity contribution in [1.29, 1.82) is 0 Å². The largest absolute Gasteiger partial charge is 0.478 e. The van der Waals surface area contributed by atoms with Crippen molar-refractivity contribution in [3.05, 3.63) is 50.5 Å². The number of carboxylic acid groups (broad SMARTS) is 1. The molecule has 0 aliphatic rings. The minimum Gasteiger partial charge on any atom is -0.478 e. The molecule has 0 saturated carbocycles. The van der Waals surface area contributed by atoms with Gasteiger partial charge < -0.3 is 5.11 Å². The first-order valence-electron chi connectivity index (χ1n) is 4.60. The van der Waals surface area contributed by atoms with Gasteiger partial charge in [0.1, 0.15) is 0 Å². The van der Waals surface area contributed by atoms with Crippen LogP contribution in [0.3, 0.4) is 0 Å². The molecule has 5 nitrogen and oxygen atoms in total. The Morgan fingerprint density at radius 3 is 2.59 bits per heavy atom. The zero-order valence-corrected chi connectivity index (χ0v) is 9.97. The SMILES string of the molecule is O=C(O)c1cc([N+](=O)[O-])c2cc(Br)ccc2c1. The third-order valence-electron chi connectivity index (χ3n) is 2.34. The summed E-state index contributed by atoms with van der Waals surface area (Å²) in [6.07, 6.45) is 0. The van der Waals surface area contributed by atoms with Gasteiger partial charge in [0.2, 0.25) is 0 Å². The van der Waals surface area contributed by atoms with E-state index in [1.807, 2.05) is 0 Å². The van der Waals surface area contributed by atoms with Gasteiger partial charge in [-0.2, -0.15) is 0 Å². The van der Waals surface area contributed by atoms with Gasteiger partial charge in [0, 0.05) is 10.5 Å². The standard InChI is InChI=1S/C11H6BrNO4/c12-8-2-1-6-3-7(11(14)15)4-10(13(16)17)9(6)5-8/h1-5H,(H,14,15). The van der Waals surface area contributed by atoms with Crippen LogP contribution in [0.1, 0.15) is 10.4 Å². The van der Waals surface area contributed by atoms with Crippen LogP contribution in [-0.2, 0) is 0 Å². The normalized spacial score (nSPS) is 10.4. The van der Waals surface area contributed by atoms with Crippen LogP contribution in [0.2, 0.25) is 0 Å². The smallest absolute Gasteiger partial charge is 0.335 e. The number of hydrogen-bond donors (Lipinski definition) is 1. The number of carboxylic acids is 1. The van der Waals surface area contributed by atoms with Gasteiger partial charge in [-0.05, 0) is 23.6 Å². The van der Waals surface area contributed by atoms with Gasteiger partial charge in [-0.1, -0.05) is 22.0 Å². The molecule has 2 aromatic rings. The number of nitrogens with zero attached hydrogens (tertiary/aromatic N) is 1. The zero-order chi connectivity index (χ0) is 12.6. The van der Waals surface area contributed by atoms with Crippen LogP contribution < -0.4 is 0 Å². The number of nitro benzene ring substituents is 1. The molecule has 0 amide bonds. The van der Waals surface area contributed by atoms with E-state index in [0.29, 0.717) is 15.2 Å². The highest BCUT2D eigenvalue weighted by molar-refractivity contribution is 9.10. The summed E-state index contributed by atoms with van der Waals surface area (Å²) in [7, 11) is 0. The minimum absolute atomic E-state index is 0.0912. The zero-order valence-electron chi connectivity index (χ0n) is 8.38. The van der Waals surface area contributed by atoms with Gasteiger partial charge >= 0.3 is 5.97 Å². The van der Waals surface area contributed by atoms with Crippen LogP contribution in [0.15, 0.2) is 34.8 Å². The number of carbonyl (C=O) groups is 1. The quantitative estimate of drug-likeness (QED) is 0.681. The van der Waals surface area contributed by atoms with Crippen molar-refractivity contribution in [2.45, 2.75) is 0 Å². The van der Waals surface area contributed by atoms with Crippen molar-refractivity contribution in [3.63, 3.8) is 0 Å². The lowest BCUT2D eigenvalue weighted by molar-refractivity contribution is -0.383. The monoisotopic (exact) mass is 295 g/mol. The molecule has 0 aliphatic heterocycles. The van der Waals surface area contributed by atoms with Crippen molar-refractivity contribution in [2.24, 2.45) is 0 Å². The highest BCUT2D eigenvalue weighted by Gasteiger charge is 2.16. The topological polar surface area (TPSA) is 80.4 Å². The number of nitro groups is 1. The first kappa shape index (κ1) is 11.5. The molecule has 0 radical (unpaired) electrons. The molecular weight excluding hydrogens is 290 g/mol. The lowest BCUT2D eigenvalue weighted by atomic mass is 10.1. The average Bonchev–Trinajstić information content (AvgIpc) is 2.27. The molecule has 0 saturated heterocycles. The second-order valence-corrected chi connectivity index (χ2v) is 4.34. The number of hydrogen-bond acceptors (Lipinski definition) is 3. The summed E-state index contributed by atoms with van der Waals surface area (Å²) in [6, 6.07) is 7.42. The van der Waals surface area contributed by atoms with Crippen LogP contribution in [0.5, 0.6) is 0 Å². The molecule has 2 rings (SSSR count). The molecular formula is C11H6BrNO4. The van der Waals surface area contributed by atoms with Crippen LogP contribution >= 0.6 is 15.9 Å². The van der Waals surface area contributed by atoms with E-state index in [1.54, 1.807) is 18.2 Å². The highest BCUT2D eigenvalue weighted by Crippen LogP contribution is 2.29. The van der Waals surface area contributed by atoms with Gasteiger partial charge in [-0.25, -0.2) is 4.79 Å². The molecule has 0 aliphatic carbocycles. The van der Waals surface area contributed by atoms with Gasteiger partial charge in [-0.15, -0.1) is 0 Å². The van der Waals surface area contributed by atoms with Gasteiger partial charge in [0.25, 0.3) is 5.69 Å². The molecule has 86 valence electrons. The molecule has 0 atom stereocenters. The first-order valence-corrected chi connectivity index (χ1v) is 5.39. The van der Waals surface area contributed by atoms with Crippen molar-refractivity contribution >= 4 is 38.4 Å². The molecule has 0 bridgehead atoms. The van der Waals surface area contributed by atoms with Crippen LogP contribution in [0.25, 0.3) is 10.8 Å². The Hall–Kier alpha value is -1.95. The number of benzene rings is 2. The summed E-state index contributed by atoms with van der Waals surface area (Å²) in [4.78, 5) is 21.2. The Labute approximate surface area is 104 Å². The average molecular weight is 296 g/mol. The molecule has 0 spiro atoms. The van der Waals surface area contributed by atoms with Crippen molar-refractivity contribution < 1.29 is 14.8 Å². The maximum atomic E-state index is 10.9. The first-order chi connectivity index (χ1) is 7.99. The van der Waals surface area contributed by atoms with E-state index in [4.69, 9.17) is 5.11 Å². The molecule has 2 aromatic carbocycles. The summed E-state index contributed by atoms with van der Waals surface area (Å²) in [5, 5.41) is 20.7. The Balaban J connectivity index is 2.86. The van der Waals surface area contributed by atoms with E-state index in [0.717, 1.165) is 6.07 Å². The fourth-order valence-electron chi connectivity index (χ4n) is 1.58. The van der Waals surface area contributed by atoms with Gasteiger partial charge in [0.15, 0.2) is 0 Å². The molecule has 6 heteroatoms. The van der Waals surface area contributed by atoms with Gasteiger partial charge in [-0.3, -0.25) is 10.1 Å². The third kappa shape index (κ3) is 2.12. The third-order valence-corrected chi connectivity index (χ3v) is 2.83. The summed E-state index contributed by atoms with van der Waals surface area (Å²) >= 11 is 3.22. The number of rotatable bonds is 2. The maximum Gasteiger partial charge on any atom is 0.335 e. The lowest BCUT2D eigenvalue weighted by Gasteiger charge is -2.02. The second-order valence-electron chi connectivity index (χ2n) is 3.42. The van der Waals surface area contributed by atoms with Crippen LogP contribution in [-0.4, -0.2) is 16.0 Å². The van der Waals surface area contributed by atoms with E-state index >= 15 is 0 Å². The van der Waals surface area contributed by atoms with Crippen LogP contribution in [0.4, 0.5) is 5.69 Å². The predicted octanol–water partition coefficient (Wildman–Crippen LogP) is 3.21. The van der Waals surface area contributed by atoms with Crippen molar-refractivity contribution in [2.75, 3.05) is 0 Å². The van der Waals surface area contributed by atoms with E-state index in [9.17, 15) is 14.9 Å². The van der Waals surface area contributed by atoms with Crippen molar-refractivity contribution in [1.82, 2.24) is 0 Å². The number of fused-ring (bicyclic) bond motifs is 1. The molecule has 0 aromatic heterocycles. The Kier molecular flexibility index (Phi) is 2.81. The van der Waals surface area contributed by atoms with Crippen molar-refractivity contribution in [3.8, 4) is 0 Å². The molecule has 17 heavy (non-hydrogen) atoms. The summed E-state index contributed by atoms with van der Waals surface area (Å²) in [5.41, 5.74) is -0.298. The lowest BCUT2D eigenvalue weighted by Crippen LogP contribution is -1.99. The van der Waals surface area contributed by atoms with E-state index in [1.165, 1.54) is 6.07 Å². The van der Waals surface area contributed by atoms with Crippen LogP contribution in [0, 0.1) is 10.1 Å². The second kappa shape index (κ2) is 4.14. The Bertz CT molecular complexity index is 639. The molecule has 0 unspecified atom stereocenters. The number of non-ortho nitro benzene ring substituents is 1. The number of halogens is 1. The van der Waals surface area contributed by atoms with E-state index in [-0.39, 0.29) is 11.3 Å². The Morgan fingerprint density at radius 2 is 2.00 bits per heavy atom. The Morgan fingerprint density at radius 1 is 1.29 bits per heavy atom. The maximum absolute atomic E-state index is 10.9. The number of aromatic carboxylic acids is 1. The highest BCUT2D eigenvalue weighted by atomic mass is 79.9. The molecule has 0 heterocycles. The van der Waals surface area contributed by atoms with Gasteiger partial charge in [0.05, 0.1) is 15.9 Å². The fraction of sp³-hybridized carbons (Fsp3) is 0. The molecule has 0 fully saturated rings. The van der Waals surface area contributed by atoms with E-state index in [2.05, 4.69) is 15.9 Å². The summed E-state index contributed by atoms with van der Waals surface area (Å²) in [6.45, 7) is 0. The fourth-order valence-corrected chi connectivity index (χ4v) is 1.95. The molecule has 1 N–H and O–H groups in total. The summed E-state index contributed by atoms with van der Waals surface area (Å²) in [5.74, 6) is -1.18. The predicted molar refractivity (Wildman–Crippen MR) is 65.3 cm³/mol.